The monoisotopic (exact) mass is 430 g/mol. The predicted molar refractivity (Wildman–Crippen MR) is 110 cm³/mol. The smallest absolute Gasteiger partial charge is 0.340 e. The van der Waals surface area contributed by atoms with Crippen molar-refractivity contribution < 1.29 is 14.3 Å². The third-order valence-corrected chi connectivity index (χ3v) is 6.35. The van der Waals surface area contributed by atoms with E-state index < -0.39 is 5.60 Å². The summed E-state index contributed by atoms with van der Waals surface area (Å²) in [7, 11) is 0. The molecule has 28 heavy (non-hydrogen) atoms. The van der Waals surface area contributed by atoms with Crippen LogP contribution >= 0.6 is 15.9 Å². The van der Waals surface area contributed by atoms with E-state index in [0.717, 1.165) is 37.9 Å². The molecule has 0 aliphatic carbocycles. The Balaban J connectivity index is 1.94. The molecule has 0 bridgehead atoms. The summed E-state index contributed by atoms with van der Waals surface area (Å²) in [6.45, 7) is 3.94. The second kappa shape index (κ2) is 5.73. The van der Waals surface area contributed by atoms with Crippen molar-refractivity contribution in [2.45, 2.75) is 19.4 Å². The maximum Gasteiger partial charge on any atom is 0.340 e. The maximum atomic E-state index is 12.8. The van der Waals surface area contributed by atoms with Crippen molar-refractivity contribution in [1.29, 1.82) is 0 Å². The first-order valence-corrected chi connectivity index (χ1v) is 9.68. The van der Waals surface area contributed by atoms with Crippen LogP contribution < -0.4 is 4.74 Å². The Labute approximate surface area is 171 Å². The molecular formula is C24H15BrO3. The number of benzene rings is 3. The normalized spacial score (nSPS) is 18.6. The highest BCUT2D eigenvalue weighted by Crippen LogP contribution is 2.57. The fourth-order valence-electron chi connectivity index (χ4n) is 4.09. The van der Waals surface area contributed by atoms with Crippen LogP contribution in [0.1, 0.15) is 43.7 Å². The molecule has 1 atom stereocenters. The Morgan fingerprint density at radius 3 is 2.39 bits per heavy atom. The Morgan fingerprint density at radius 2 is 1.64 bits per heavy atom. The fourth-order valence-corrected chi connectivity index (χ4v) is 4.44. The molecule has 2 heterocycles. The molecule has 0 N–H and O–H groups in total. The van der Waals surface area contributed by atoms with Crippen molar-refractivity contribution in [2.24, 2.45) is 0 Å². The fraction of sp³-hybridized carbons (Fsp3) is 0.125. The lowest BCUT2D eigenvalue weighted by molar-refractivity contribution is 0.0224. The summed E-state index contributed by atoms with van der Waals surface area (Å²) in [5.41, 5.74) is 4.51. The molecule has 4 heteroatoms. The van der Waals surface area contributed by atoms with Gasteiger partial charge in [-0.1, -0.05) is 40.0 Å². The first kappa shape index (κ1) is 17.1. The molecule has 1 unspecified atom stereocenters. The van der Waals surface area contributed by atoms with Crippen LogP contribution in [0.5, 0.6) is 11.5 Å². The average Bonchev–Trinajstić information content (AvgIpc) is 2.97. The van der Waals surface area contributed by atoms with Gasteiger partial charge in [0.2, 0.25) is 0 Å². The minimum Gasteiger partial charge on any atom is -0.456 e. The van der Waals surface area contributed by atoms with Gasteiger partial charge in [-0.15, -0.1) is 6.42 Å². The number of ether oxygens (including phenoxy) is 2. The van der Waals surface area contributed by atoms with Crippen LogP contribution in [0, 0.1) is 26.2 Å². The van der Waals surface area contributed by atoms with Gasteiger partial charge in [0.25, 0.3) is 0 Å². The molecule has 136 valence electrons. The summed E-state index contributed by atoms with van der Waals surface area (Å²) in [6, 6.07) is 15.2. The van der Waals surface area contributed by atoms with Crippen LogP contribution in [-0.4, -0.2) is 5.97 Å². The van der Waals surface area contributed by atoms with Gasteiger partial charge in [0, 0.05) is 26.7 Å². The van der Waals surface area contributed by atoms with Crippen molar-refractivity contribution >= 4 is 21.9 Å². The van der Waals surface area contributed by atoms with E-state index >= 15 is 0 Å². The number of halogens is 1. The van der Waals surface area contributed by atoms with Crippen LogP contribution in [0.25, 0.3) is 0 Å². The summed E-state index contributed by atoms with van der Waals surface area (Å²) < 4.78 is 13.3. The molecule has 3 nitrogen and oxygen atoms in total. The van der Waals surface area contributed by atoms with Crippen molar-refractivity contribution in [1.82, 2.24) is 0 Å². The van der Waals surface area contributed by atoms with E-state index in [2.05, 4.69) is 21.9 Å². The van der Waals surface area contributed by atoms with E-state index in [0.29, 0.717) is 17.1 Å². The van der Waals surface area contributed by atoms with Gasteiger partial charge in [-0.3, -0.25) is 0 Å². The Morgan fingerprint density at radius 1 is 0.964 bits per heavy atom. The van der Waals surface area contributed by atoms with E-state index in [-0.39, 0.29) is 5.97 Å². The molecule has 0 saturated carbocycles. The highest BCUT2D eigenvalue weighted by atomic mass is 79.9. The second-order valence-electron chi connectivity index (χ2n) is 7.12. The number of hydrogen-bond acceptors (Lipinski definition) is 3. The van der Waals surface area contributed by atoms with Gasteiger partial charge < -0.3 is 9.47 Å². The molecule has 3 aromatic rings. The van der Waals surface area contributed by atoms with Gasteiger partial charge in [0.1, 0.15) is 11.5 Å². The van der Waals surface area contributed by atoms with Crippen LogP contribution in [0.2, 0.25) is 0 Å². The number of aryl methyl sites for hydroxylation is 2. The van der Waals surface area contributed by atoms with Gasteiger partial charge in [0.15, 0.2) is 5.60 Å². The van der Waals surface area contributed by atoms with E-state index in [4.69, 9.17) is 15.9 Å². The third-order valence-electron chi connectivity index (χ3n) is 5.49. The average molecular weight is 431 g/mol. The maximum absolute atomic E-state index is 12.8. The lowest BCUT2D eigenvalue weighted by Crippen LogP contribution is -2.33. The zero-order chi connectivity index (χ0) is 19.6. The van der Waals surface area contributed by atoms with Crippen LogP contribution in [0.4, 0.5) is 0 Å². The second-order valence-corrected chi connectivity index (χ2v) is 7.98. The first-order chi connectivity index (χ1) is 13.5. The first-order valence-electron chi connectivity index (χ1n) is 8.89. The topological polar surface area (TPSA) is 35.5 Å². The number of fused-ring (bicyclic) bond motifs is 6. The highest BCUT2D eigenvalue weighted by molar-refractivity contribution is 9.10. The number of hydrogen-bond donors (Lipinski definition) is 0. The Hall–Kier alpha value is -3.03. The zero-order valence-corrected chi connectivity index (χ0v) is 16.9. The number of terminal acetylenes is 1. The van der Waals surface area contributed by atoms with Gasteiger partial charge in [-0.05, 0) is 55.3 Å². The van der Waals surface area contributed by atoms with Crippen molar-refractivity contribution in [3.8, 4) is 23.8 Å². The van der Waals surface area contributed by atoms with E-state index in [1.165, 1.54) is 0 Å². The van der Waals surface area contributed by atoms with Gasteiger partial charge >= 0.3 is 5.97 Å². The molecule has 2 aliphatic heterocycles. The molecule has 0 amide bonds. The molecule has 1 spiro atoms. The quantitative estimate of drug-likeness (QED) is 0.343. The molecule has 0 radical (unpaired) electrons. The molecule has 2 aliphatic rings. The molecule has 5 rings (SSSR count). The summed E-state index contributed by atoms with van der Waals surface area (Å²) in [6.07, 6.45) is 5.73. The largest absolute Gasteiger partial charge is 0.456 e. The summed E-state index contributed by atoms with van der Waals surface area (Å²) in [5.74, 6) is 3.69. The Kier molecular flexibility index (Phi) is 3.50. The van der Waals surface area contributed by atoms with Crippen molar-refractivity contribution in [2.75, 3.05) is 0 Å². The minimum absolute atomic E-state index is 0.353. The van der Waals surface area contributed by atoms with E-state index in [1.807, 2.05) is 56.3 Å². The molecular weight excluding hydrogens is 416 g/mol. The molecule has 3 aromatic carbocycles. The van der Waals surface area contributed by atoms with Crippen LogP contribution in [0.15, 0.2) is 53.0 Å². The van der Waals surface area contributed by atoms with E-state index in [1.54, 1.807) is 6.07 Å². The highest BCUT2D eigenvalue weighted by Gasteiger charge is 2.53. The molecule has 0 fully saturated rings. The summed E-state index contributed by atoms with van der Waals surface area (Å²) >= 11 is 3.61. The van der Waals surface area contributed by atoms with Gasteiger partial charge in [-0.25, -0.2) is 4.79 Å². The van der Waals surface area contributed by atoms with Crippen molar-refractivity contribution in [3.05, 3.63) is 91.9 Å². The predicted octanol–water partition coefficient (Wildman–Crippen LogP) is 5.62. The van der Waals surface area contributed by atoms with Crippen LogP contribution in [-0.2, 0) is 10.3 Å². The standard InChI is InChI=1S/C24H15BrO3/c1-4-15-11-18-21(9-13(15)2)27-22-10-14(3)20(25)12-19(22)24(18)17-8-6-5-7-16(17)23(26)28-24/h1,5-12H,2-3H3. The van der Waals surface area contributed by atoms with Gasteiger partial charge in [0.05, 0.1) is 5.56 Å². The van der Waals surface area contributed by atoms with Gasteiger partial charge in [-0.2, -0.15) is 0 Å². The molecule has 0 aromatic heterocycles. The summed E-state index contributed by atoms with van der Waals surface area (Å²) in [4.78, 5) is 12.8. The number of carbonyl (C=O) groups is 1. The lowest BCUT2D eigenvalue weighted by Gasteiger charge is -2.37. The number of carbonyl (C=O) groups excluding carboxylic acids is 1. The zero-order valence-electron chi connectivity index (χ0n) is 15.3. The SMILES string of the molecule is C#Cc1cc2c(cc1C)Oc1cc(C)c(Br)cc1C21OC(=O)c2ccccc21. The number of rotatable bonds is 0. The third kappa shape index (κ3) is 2.08. The number of esters is 1. The van der Waals surface area contributed by atoms with Crippen LogP contribution in [0.3, 0.4) is 0 Å². The molecule has 0 saturated heterocycles. The van der Waals surface area contributed by atoms with E-state index in [9.17, 15) is 4.79 Å². The van der Waals surface area contributed by atoms with Crippen molar-refractivity contribution in [3.63, 3.8) is 0 Å². The Bertz CT molecular complexity index is 1240. The summed E-state index contributed by atoms with van der Waals surface area (Å²) in [5, 5.41) is 0. The minimum atomic E-state index is -1.09. The lowest BCUT2D eigenvalue weighted by atomic mass is 9.76.